The Morgan fingerprint density at radius 2 is 1.85 bits per heavy atom. The van der Waals surface area contributed by atoms with E-state index < -0.39 is 0 Å². The third kappa shape index (κ3) is 3.85. The Kier molecular flexibility index (Phi) is 6.09. The molecule has 0 heterocycles. The van der Waals surface area contributed by atoms with Gasteiger partial charge in [0.1, 0.15) is 0 Å². The van der Waals surface area contributed by atoms with Gasteiger partial charge in [0.25, 0.3) is 0 Å². The first-order chi connectivity index (χ1) is 9.76. The van der Waals surface area contributed by atoms with Crippen LogP contribution in [0.15, 0.2) is 24.3 Å². The topological polar surface area (TPSA) is 12.0 Å². The Labute approximate surface area is 125 Å². The summed E-state index contributed by atoms with van der Waals surface area (Å²) in [6.45, 7) is 4.55. The van der Waals surface area contributed by atoms with E-state index in [-0.39, 0.29) is 0 Å². The normalized spacial score (nSPS) is 24.6. The van der Waals surface area contributed by atoms with Gasteiger partial charge in [0, 0.05) is 6.04 Å². The molecule has 0 aromatic heterocycles. The predicted molar refractivity (Wildman–Crippen MR) is 88.0 cm³/mol. The molecule has 112 valence electrons. The average molecular weight is 273 g/mol. The summed E-state index contributed by atoms with van der Waals surface area (Å²) in [5.41, 5.74) is 2.94. The molecule has 1 aliphatic carbocycles. The number of nitrogens with one attached hydrogen (secondary N) is 1. The zero-order valence-electron chi connectivity index (χ0n) is 13.5. The van der Waals surface area contributed by atoms with Crippen LogP contribution < -0.4 is 5.32 Å². The summed E-state index contributed by atoms with van der Waals surface area (Å²) in [4.78, 5) is 0. The lowest BCUT2D eigenvalue weighted by atomic mass is 9.75. The van der Waals surface area contributed by atoms with Gasteiger partial charge >= 0.3 is 0 Å². The summed E-state index contributed by atoms with van der Waals surface area (Å²) in [6.07, 6.45) is 9.90. The first-order valence-electron chi connectivity index (χ1n) is 8.49. The van der Waals surface area contributed by atoms with Crippen molar-refractivity contribution in [1.29, 1.82) is 0 Å². The quantitative estimate of drug-likeness (QED) is 0.746. The Bertz CT molecular complexity index is 391. The third-order valence-electron chi connectivity index (χ3n) is 5.16. The number of benzene rings is 1. The van der Waals surface area contributed by atoms with Crippen LogP contribution in [0, 0.1) is 18.8 Å². The Morgan fingerprint density at radius 1 is 1.15 bits per heavy atom. The molecule has 1 saturated carbocycles. The molecule has 0 bridgehead atoms. The highest BCUT2D eigenvalue weighted by Gasteiger charge is 2.28. The standard InChI is InChI=1S/C19H31N/c1-4-5-9-16-11-13-17(14-12-16)19(20-3)18-10-7-6-8-15(18)2/h6-8,10,16-17,19-20H,4-5,9,11-14H2,1-3H3. The van der Waals surface area contributed by atoms with Crippen molar-refractivity contribution in [3.63, 3.8) is 0 Å². The van der Waals surface area contributed by atoms with Crippen LogP contribution in [0.4, 0.5) is 0 Å². The first kappa shape index (κ1) is 15.6. The van der Waals surface area contributed by atoms with Gasteiger partial charge in [0.2, 0.25) is 0 Å². The zero-order valence-corrected chi connectivity index (χ0v) is 13.5. The molecule has 20 heavy (non-hydrogen) atoms. The zero-order chi connectivity index (χ0) is 14.4. The second kappa shape index (κ2) is 7.83. The van der Waals surface area contributed by atoms with Crippen molar-refractivity contribution in [2.45, 2.75) is 64.8 Å². The molecule has 1 aromatic carbocycles. The van der Waals surface area contributed by atoms with E-state index in [1.54, 1.807) is 0 Å². The van der Waals surface area contributed by atoms with Crippen molar-refractivity contribution in [2.24, 2.45) is 11.8 Å². The fourth-order valence-corrected chi connectivity index (χ4v) is 3.88. The lowest BCUT2D eigenvalue weighted by Crippen LogP contribution is -2.29. The highest BCUT2D eigenvalue weighted by molar-refractivity contribution is 5.29. The van der Waals surface area contributed by atoms with Gasteiger partial charge in [-0.15, -0.1) is 0 Å². The molecule has 0 aliphatic heterocycles. The largest absolute Gasteiger partial charge is 0.313 e. The fourth-order valence-electron chi connectivity index (χ4n) is 3.88. The predicted octanol–water partition coefficient (Wildman–Crippen LogP) is 5.25. The van der Waals surface area contributed by atoms with Crippen molar-refractivity contribution in [3.05, 3.63) is 35.4 Å². The molecule has 1 unspecified atom stereocenters. The number of unbranched alkanes of at least 4 members (excludes halogenated alkanes) is 1. The van der Waals surface area contributed by atoms with E-state index in [4.69, 9.17) is 0 Å². The number of aryl methyl sites for hydroxylation is 1. The molecule has 1 aliphatic rings. The molecular weight excluding hydrogens is 242 g/mol. The van der Waals surface area contributed by atoms with Gasteiger partial charge in [0.15, 0.2) is 0 Å². The molecular formula is C19H31N. The smallest absolute Gasteiger partial charge is 0.0348 e. The van der Waals surface area contributed by atoms with Crippen molar-refractivity contribution in [2.75, 3.05) is 7.05 Å². The molecule has 0 radical (unpaired) electrons. The van der Waals surface area contributed by atoms with Gasteiger partial charge in [0.05, 0.1) is 0 Å². The SMILES string of the molecule is CCCCC1CCC(C(NC)c2ccccc2C)CC1. The highest BCUT2D eigenvalue weighted by Crippen LogP contribution is 2.39. The van der Waals surface area contributed by atoms with Crippen LogP contribution in [0.1, 0.15) is 69.0 Å². The van der Waals surface area contributed by atoms with Crippen LogP contribution in [0.2, 0.25) is 0 Å². The van der Waals surface area contributed by atoms with Crippen LogP contribution in [0.3, 0.4) is 0 Å². The van der Waals surface area contributed by atoms with Crippen molar-refractivity contribution < 1.29 is 0 Å². The van der Waals surface area contributed by atoms with Crippen molar-refractivity contribution in [3.8, 4) is 0 Å². The second-order valence-electron chi connectivity index (χ2n) is 6.55. The Hall–Kier alpha value is -0.820. The lowest BCUT2D eigenvalue weighted by Gasteiger charge is -2.34. The molecule has 0 spiro atoms. The first-order valence-corrected chi connectivity index (χ1v) is 8.49. The minimum Gasteiger partial charge on any atom is -0.313 e. The minimum absolute atomic E-state index is 0.545. The average Bonchev–Trinajstić information content (AvgIpc) is 2.49. The third-order valence-corrected chi connectivity index (χ3v) is 5.16. The van der Waals surface area contributed by atoms with Crippen LogP contribution >= 0.6 is 0 Å². The molecule has 1 nitrogen and oxygen atoms in total. The lowest BCUT2D eigenvalue weighted by molar-refractivity contribution is 0.218. The van der Waals surface area contributed by atoms with E-state index in [2.05, 4.69) is 50.5 Å². The van der Waals surface area contributed by atoms with E-state index >= 15 is 0 Å². The molecule has 1 N–H and O–H groups in total. The maximum absolute atomic E-state index is 3.59. The molecule has 1 aromatic rings. The Morgan fingerprint density at radius 3 is 2.45 bits per heavy atom. The van der Waals surface area contributed by atoms with Crippen LogP contribution in [-0.4, -0.2) is 7.05 Å². The summed E-state index contributed by atoms with van der Waals surface area (Å²) in [5, 5.41) is 3.59. The van der Waals surface area contributed by atoms with Gasteiger partial charge in [-0.1, -0.05) is 63.3 Å². The number of rotatable bonds is 6. The van der Waals surface area contributed by atoms with E-state index in [1.807, 2.05) is 0 Å². The molecule has 2 rings (SSSR count). The van der Waals surface area contributed by atoms with E-state index in [0.29, 0.717) is 6.04 Å². The Balaban J connectivity index is 1.95. The summed E-state index contributed by atoms with van der Waals surface area (Å²) < 4.78 is 0. The van der Waals surface area contributed by atoms with Crippen LogP contribution in [0.5, 0.6) is 0 Å². The van der Waals surface area contributed by atoms with Crippen LogP contribution in [-0.2, 0) is 0 Å². The number of hydrogen-bond acceptors (Lipinski definition) is 1. The van der Waals surface area contributed by atoms with E-state index in [0.717, 1.165) is 11.8 Å². The van der Waals surface area contributed by atoms with Crippen LogP contribution in [0.25, 0.3) is 0 Å². The van der Waals surface area contributed by atoms with E-state index in [1.165, 1.54) is 56.1 Å². The molecule has 1 heteroatoms. The monoisotopic (exact) mass is 273 g/mol. The highest BCUT2D eigenvalue weighted by atomic mass is 14.9. The molecule has 0 saturated heterocycles. The number of hydrogen-bond donors (Lipinski definition) is 1. The van der Waals surface area contributed by atoms with Gasteiger partial charge in [-0.25, -0.2) is 0 Å². The molecule has 1 fully saturated rings. The van der Waals surface area contributed by atoms with Gasteiger partial charge in [-0.3, -0.25) is 0 Å². The molecule has 1 atom stereocenters. The minimum atomic E-state index is 0.545. The second-order valence-corrected chi connectivity index (χ2v) is 6.55. The summed E-state index contributed by atoms with van der Waals surface area (Å²) in [5.74, 6) is 1.82. The maximum Gasteiger partial charge on any atom is 0.0348 e. The van der Waals surface area contributed by atoms with Gasteiger partial charge in [-0.05, 0) is 49.8 Å². The summed E-state index contributed by atoms with van der Waals surface area (Å²) in [7, 11) is 2.13. The fraction of sp³-hybridized carbons (Fsp3) is 0.684. The van der Waals surface area contributed by atoms with Crippen molar-refractivity contribution in [1.82, 2.24) is 5.32 Å². The van der Waals surface area contributed by atoms with E-state index in [9.17, 15) is 0 Å². The summed E-state index contributed by atoms with van der Waals surface area (Å²) in [6, 6.07) is 9.42. The van der Waals surface area contributed by atoms with Gasteiger partial charge < -0.3 is 5.32 Å². The summed E-state index contributed by atoms with van der Waals surface area (Å²) >= 11 is 0. The maximum atomic E-state index is 3.59. The van der Waals surface area contributed by atoms with Gasteiger partial charge in [-0.2, -0.15) is 0 Å². The van der Waals surface area contributed by atoms with Crippen molar-refractivity contribution >= 4 is 0 Å². The molecule has 0 amide bonds.